The molecule has 1 aliphatic rings. The van der Waals surface area contributed by atoms with E-state index in [1.54, 1.807) is 0 Å². The Morgan fingerprint density at radius 3 is 2.48 bits per heavy atom. The molecule has 0 fully saturated rings. The smallest absolute Gasteiger partial charge is 0.303 e. The Kier molecular flexibility index (Phi) is 5.00. The Bertz CT molecular complexity index is 551. The molecule has 0 aliphatic heterocycles. The van der Waals surface area contributed by atoms with Crippen molar-refractivity contribution in [3.63, 3.8) is 0 Å². The Morgan fingerprint density at radius 1 is 1.29 bits per heavy atom. The van der Waals surface area contributed by atoms with Crippen molar-refractivity contribution in [2.24, 2.45) is 11.8 Å². The molecule has 0 heterocycles. The van der Waals surface area contributed by atoms with Crippen LogP contribution in [0.3, 0.4) is 0 Å². The molecule has 0 radical (unpaired) electrons. The van der Waals surface area contributed by atoms with Gasteiger partial charge in [-0.1, -0.05) is 60.6 Å². The molecule has 2 heteroatoms. The fourth-order valence-electron chi connectivity index (χ4n) is 3.08. The minimum atomic E-state index is -0.710. The predicted octanol–water partition coefficient (Wildman–Crippen LogP) is 4.71. The minimum absolute atomic E-state index is 0.130. The summed E-state index contributed by atoms with van der Waals surface area (Å²) in [6, 6.07) is 8.46. The summed E-state index contributed by atoms with van der Waals surface area (Å²) in [4.78, 5) is 11.3. The van der Waals surface area contributed by atoms with Crippen LogP contribution in [-0.4, -0.2) is 11.1 Å². The maximum atomic E-state index is 11.3. The van der Waals surface area contributed by atoms with Crippen LogP contribution < -0.4 is 0 Å². The van der Waals surface area contributed by atoms with Gasteiger partial charge in [-0.25, -0.2) is 0 Å². The highest BCUT2D eigenvalue weighted by molar-refractivity contribution is 5.67. The second-order valence-electron chi connectivity index (χ2n) is 6.17. The zero-order chi connectivity index (χ0) is 15.4. The summed E-state index contributed by atoms with van der Waals surface area (Å²) in [5, 5.41) is 9.27. The van der Waals surface area contributed by atoms with Crippen molar-refractivity contribution in [3.8, 4) is 0 Å². The lowest BCUT2D eigenvalue weighted by Gasteiger charge is -2.30. The van der Waals surface area contributed by atoms with Crippen molar-refractivity contribution in [3.05, 3.63) is 59.2 Å². The lowest BCUT2D eigenvalue weighted by molar-refractivity contribution is -0.138. The van der Waals surface area contributed by atoms with Gasteiger partial charge >= 0.3 is 5.97 Å². The van der Waals surface area contributed by atoms with Crippen molar-refractivity contribution in [1.29, 1.82) is 0 Å². The summed E-state index contributed by atoms with van der Waals surface area (Å²) >= 11 is 0. The van der Waals surface area contributed by atoms with E-state index in [0.717, 1.165) is 6.42 Å². The van der Waals surface area contributed by atoms with Crippen LogP contribution in [0.25, 0.3) is 0 Å². The van der Waals surface area contributed by atoms with E-state index in [9.17, 15) is 9.90 Å². The van der Waals surface area contributed by atoms with E-state index in [4.69, 9.17) is 0 Å². The van der Waals surface area contributed by atoms with Crippen molar-refractivity contribution in [2.45, 2.75) is 39.5 Å². The third-order valence-corrected chi connectivity index (χ3v) is 4.52. The average Bonchev–Trinajstić information content (AvgIpc) is 2.46. The first-order valence-electron chi connectivity index (χ1n) is 7.60. The molecule has 2 rings (SSSR count). The number of carboxylic acid groups (broad SMARTS) is 1. The number of aliphatic carboxylic acids is 1. The maximum absolute atomic E-state index is 11.3. The molecule has 3 atom stereocenters. The van der Waals surface area contributed by atoms with E-state index >= 15 is 0 Å². The van der Waals surface area contributed by atoms with Crippen LogP contribution in [-0.2, 0) is 4.79 Å². The first-order valence-corrected chi connectivity index (χ1v) is 7.60. The Hall–Kier alpha value is -1.83. The molecule has 0 spiro atoms. The van der Waals surface area contributed by atoms with Crippen LogP contribution in [0.15, 0.2) is 48.1 Å². The Balaban J connectivity index is 2.21. The highest BCUT2D eigenvalue weighted by Gasteiger charge is 2.28. The number of carboxylic acids is 1. The van der Waals surface area contributed by atoms with Crippen LogP contribution in [0.1, 0.15) is 43.7 Å². The number of rotatable bonds is 5. The summed E-state index contributed by atoms with van der Waals surface area (Å²) in [6.07, 6.45) is 7.67. The lowest BCUT2D eigenvalue weighted by atomic mass is 9.74. The van der Waals surface area contributed by atoms with Gasteiger partial charge in [0.1, 0.15) is 0 Å². The minimum Gasteiger partial charge on any atom is -0.481 e. The van der Waals surface area contributed by atoms with Crippen LogP contribution >= 0.6 is 0 Å². The molecule has 1 N–H and O–H groups in total. The normalized spacial score (nSPS) is 20.7. The van der Waals surface area contributed by atoms with Crippen LogP contribution in [0.2, 0.25) is 0 Å². The van der Waals surface area contributed by atoms with Crippen molar-refractivity contribution in [1.82, 2.24) is 0 Å². The fraction of sp³-hybridized carbons (Fsp3) is 0.421. The predicted molar refractivity (Wildman–Crippen MR) is 86.3 cm³/mol. The summed E-state index contributed by atoms with van der Waals surface area (Å²) < 4.78 is 0. The molecule has 0 amide bonds. The van der Waals surface area contributed by atoms with Gasteiger partial charge in [0.2, 0.25) is 0 Å². The van der Waals surface area contributed by atoms with E-state index in [0.29, 0.717) is 5.92 Å². The van der Waals surface area contributed by atoms with E-state index in [-0.39, 0.29) is 18.3 Å². The van der Waals surface area contributed by atoms with E-state index < -0.39 is 5.97 Å². The van der Waals surface area contributed by atoms with Gasteiger partial charge in [0, 0.05) is 6.42 Å². The molecule has 0 aromatic heterocycles. The molecular weight excluding hydrogens is 260 g/mol. The number of hydrogen-bond donors (Lipinski definition) is 1. The van der Waals surface area contributed by atoms with Crippen molar-refractivity contribution in [2.75, 3.05) is 0 Å². The number of allylic oxidation sites excluding steroid dienone is 4. The largest absolute Gasteiger partial charge is 0.481 e. The summed E-state index contributed by atoms with van der Waals surface area (Å²) in [7, 11) is 0. The molecule has 1 unspecified atom stereocenters. The van der Waals surface area contributed by atoms with E-state index in [1.165, 1.54) is 16.7 Å². The van der Waals surface area contributed by atoms with E-state index in [2.05, 4.69) is 63.3 Å². The van der Waals surface area contributed by atoms with Gasteiger partial charge in [0.25, 0.3) is 0 Å². The highest BCUT2D eigenvalue weighted by atomic mass is 16.4. The maximum Gasteiger partial charge on any atom is 0.303 e. The van der Waals surface area contributed by atoms with Gasteiger partial charge in [-0.05, 0) is 43.6 Å². The molecule has 0 bridgehead atoms. The summed E-state index contributed by atoms with van der Waals surface area (Å²) in [6.45, 7) is 6.31. The van der Waals surface area contributed by atoms with Crippen molar-refractivity contribution >= 4 is 5.97 Å². The summed E-state index contributed by atoms with van der Waals surface area (Å²) in [5.74, 6) is -0.0336. The highest BCUT2D eigenvalue weighted by Crippen LogP contribution is 2.37. The van der Waals surface area contributed by atoms with E-state index in [1.807, 2.05) is 0 Å². The van der Waals surface area contributed by atoms with Gasteiger partial charge in [-0.2, -0.15) is 0 Å². The molecule has 112 valence electrons. The third kappa shape index (κ3) is 4.07. The number of benzene rings is 1. The first-order chi connectivity index (χ1) is 9.97. The standard InChI is InChI=1S/C19H24O2/c1-13-4-8-16(9-5-13)15(3)18(12-19(20)21)17-10-6-14(2)7-11-17/h4-10,15,17-18H,11-12H2,1-3H3,(H,20,21)/t15-,17?,18-/m1/s1. The monoisotopic (exact) mass is 284 g/mol. The van der Waals surface area contributed by atoms with Gasteiger partial charge in [-0.3, -0.25) is 4.79 Å². The molecule has 1 aromatic rings. The molecule has 2 nitrogen and oxygen atoms in total. The molecule has 0 saturated heterocycles. The van der Waals surface area contributed by atoms with Gasteiger partial charge in [-0.15, -0.1) is 0 Å². The van der Waals surface area contributed by atoms with Crippen LogP contribution in [0, 0.1) is 18.8 Å². The van der Waals surface area contributed by atoms with Gasteiger partial charge < -0.3 is 5.11 Å². The van der Waals surface area contributed by atoms with Crippen LogP contribution in [0.5, 0.6) is 0 Å². The Labute approximate surface area is 127 Å². The van der Waals surface area contributed by atoms with Gasteiger partial charge in [0.15, 0.2) is 0 Å². The molecule has 0 saturated carbocycles. The first kappa shape index (κ1) is 15.6. The second kappa shape index (κ2) is 6.75. The van der Waals surface area contributed by atoms with Crippen LogP contribution in [0.4, 0.5) is 0 Å². The quantitative estimate of drug-likeness (QED) is 0.850. The SMILES string of the molecule is CC1=CCC([C@H](CC(=O)O)[C@H](C)c2ccc(C)cc2)C=C1. The fourth-order valence-corrected chi connectivity index (χ4v) is 3.08. The second-order valence-corrected chi connectivity index (χ2v) is 6.17. The lowest BCUT2D eigenvalue weighted by Crippen LogP contribution is -2.23. The number of hydrogen-bond acceptors (Lipinski definition) is 1. The molecule has 1 aliphatic carbocycles. The molecular formula is C19H24O2. The van der Waals surface area contributed by atoms with Gasteiger partial charge in [0.05, 0.1) is 0 Å². The third-order valence-electron chi connectivity index (χ3n) is 4.52. The topological polar surface area (TPSA) is 37.3 Å². The summed E-state index contributed by atoms with van der Waals surface area (Å²) in [5.41, 5.74) is 3.73. The average molecular weight is 284 g/mol. The zero-order valence-electron chi connectivity index (χ0n) is 13.0. The number of aryl methyl sites for hydroxylation is 1. The zero-order valence-corrected chi connectivity index (χ0v) is 13.0. The Morgan fingerprint density at radius 2 is 1.95 bits per heavy atom. The molecule has 1 aromatic carbocycles. The molecule has 21 heavy (non-hydrogen) atoms. The van der Waals surface area contributed by atoms with Crippen molar-refractivity contribution < 1.29 is 9.90 Å². The number of carbonyl (C=O) groups is 1.